The van der Waals surface area contributed by atoms with E-state index >= 15 is 0 Å². The molecule has 0 spiro atoms. The molecule has 33 heavy (non-hydrogen) atoms. The Morgan fingerprint density at radius 3 is 2.73 bits per heavy atom. The smallest absolute Gasteiger partial charge is 0.274 e. The first-order valence-corrected chi connectivity index (χ1v) is 10.7. The van der Waals surface area contributed by atoms with Crippen molar-refractivity contribution in [2.24, 2.45) is 0 Å². The molecular weight excluding hydrogens is 423 g/mol. The van der Waals surface area contributed by atoms with Crippen LogP contribution in [0.4, 0.5) is 10.2 Å². The molecular formula is C24H23FN6O2. The van der Waals surface area contributed by atoms with E-state index in [9.17, 15) is 9.18 Å². The summed E-state index contributed by atoms with van der Waals surface area (Å²) in [6.45, 7) is 5.44. The summed E-state index contributed by atoms with van der Waals surface area (Å²) in [4.78, 5) is 27.7. The number of anilines is 1. The zero-order valence-corrected chi connectivity index (χ0v) is 18.7. The molecule has 4 aromatic rings. The molecule has 0 saturated heterocycles. The van der Waals surface area contributed by atoms with Gasteiger partial charge in [-0.25, -0.2) is 9.97 Å². The van der Waals surface area contributed by atoms with Crippen molar-refractivity contribution in [1.29, 1.82) is 0 Å². The Morgan fingerprint density at radius 2 is 1.94 bits per heavy atom. The summed E-state index contributed by atoms with van der Waals surface area (Å²) in [6.07, 6.45) is 4.12. The highest BCUT2D eigenvalue weighted by molar-refractivity contribution is 5.66. The Balaban J connectivity index is 1.50. The highest BCUT2D eigenvalue weighted by Gasteiger charge is 2.22. The van der Waals surface area contributed by atoms with Crippen molar-refractivity contribution in [1.82, 2.24) is 24.6 Å². The maximum atomic E-state index is 13.4. The number of nitrogens with zero attached hydrogens (tertiary/aromatic N) is 6. The second kappa shape index (κ2) is 8.32. The van der Waals surface area contributed by atoms with Gasteiger partial charge in [0.1, 0.15) is 0 Å². The van der Waals surface area contributed by atoms with Crippen LogP contribution in [0.3, 0.4) is 0 Å². The van der Waals surface area contributed by atoms with Crippen molar-refractivity contribution in [2.45, 2.75) is 33.4 Å². The maximum absolute atomic E-state index is 13.4. The minimum atomic E-state index is -0.495. The number of methoxy groups -OCH3 is 1. The van der Waals surface area contributed by atoms with Gasteiger partial charge in [0.25, 0.3) is 5.56 Å². The van der Waals surface area contributed by atoms with Crippen LogP contribution in [0.2, 0.25) is 0 Å². The molecule has 168 valence electrons. The summed E-state index contributed by atoms with van der Waals surface area (Å²) in [7, 11) is 1.57. The van der Waals surface area contributed by atoms with E-state index in [4.69, 9.17) is 4.74 Å². The summed E-state index contributed by atoms with van der Waals surface area (Å²) in [5, 5.41) is 4.63. The van der Waals surface area contributed by atoms with Gasteiger partial charge in [0, 0.05) is 61.9 Å². The van der Waals surface area contributed by atoms with Crippen LogP contribution < -0.4 is 10.5 Å². The molecule has 0 N–H and O–H groups in total. The number of aryl methyl sites for hydroxylation is 2. The van der Waals surface area contributed by atoms with E-state index in [0.717, 1.165) is 52.3 Å². The van der Waals surface area contributed by atoms with Gasteiger partial charge in [0.05, 0.1) is 12.3 Å². The van der Waals surface area contributed by atoms with Crippen LogP contribution in [0.15, 0.2) is 41.5 Å². The summed E-state index contributed by atoms with van der Waals surface area (Å²) >= 11 is 0. The molecule has 0 unspecified atom stereocenters. The number of rotatable bonds is 4. The van der Waals surface area contributed by atoms with Crippen molar-refractivity contribution >= 4 is 11.5 Å². The summed E-state index contributed by atoms with van der Waals surface area (Å²) in [5.74, 6) is 0.242. The zero-order valence-electron chi connectivity index (χ0n) is 18.7. The van der Waals surface area contributed by atoms with Gasteiger partial charge < -0.3 is 9.64 Å². The lowest BCUT2D eigenvalue weighted by Gasteiger charge is -2.30. The van der Waals surface area contributed by atoms with Crippen LogP contribution in [0, 0.1) is 19.8 Å². The van der Waals surface area contributed by atoms with E-state index in [1.165, 1.54) is 16.6 Å². The Morgan fingerprint density at radius 1 is 1.09 bits per heavy atom. The van der Waals surface area contributed by atoms with Gasteiger partial charge in [-0.05, 0) is 48.7 Å². The summed E-state index contributed by atoms with van der Waals surface area (Å²) in [6, 6.07) is 6.83. The molecule has 1 aliphatic rings. The number of halogens is 1. The van der Waals surface area contributed by atoms with E-state index in [0.29, 0.717) is 17.9 Å². The molecule has 0 amide bonds. The first kappa shape index (κ1) is 21.1. The van der Waals surface area contributed by atoms with Crippen molar-refractivity contribution in [3.8, 4) is 11.1 Å². The van der Waals surface area contributed by atoms with Crippen molar-refractivity contribution < 1.29 is 9.13 Å². The number of pyridine rings is 2. The zero-order chi connectivity index (χ0) is 23.1. The molecule has 0 atom stereocenters. The molecule has 0 aliphatic carbocycles. The Hall–Kier alpha value is -3.72. The van der Waals surface area contributed by atoms with Gasteiger partial charge in [-0.3, -0.25) is 9.78 Å². The Kier molecular flexibility index (Phi) is 5.33. The van der Waals surface area contributed by atoms with Crippen LogP contribution in [0.25, 0.3) is 16.8 Å². The van der Waals surface area contributed by atoms with E-state index in [1.807, 2.05) is 26.1 Å². The van der Waals surface area contributed by atoms with Crippen LogP contribution in [0.5, 0.6) is 0 Å². The first-order chi connectivity index (χ1) is 15.9. The lowest BCUT2D eigenvalue weighted by Crippen LogP contribution is -2.33. The minimum absolute atomic E-state index is 0.242. The largest absolute Gasteiger partial charge is 0.378 e. The van der Waals surface area contributed by atoms with Crippen molar-refractivity contribution in [3.63, 3.8) is 0 Å². The van der Waals surface area contributed by atoms with Gasteiger partial charge in [0.15, 0.2) is 11.5 Å². The monoisotopic (exact) mass is 446 g/mol. The predicted molar refractivity (Wildman–Crippen MR) is 122 cm³/mol. The molecule has 0 aromatic carbocycles. The third-order valence-corrected chi connectivity index (χ3v) is 5.89. The molecule has 5 rings (SSSR count). The summed E-state index contributed by atoms with van der Waals surface area (Å²) in [5.41, 5.74) is 6.43. The van der Waals surface area contributed by atoms with Crippen LogP contribution in [-0.4, -0.2) is 38.2 Å². The third kappa shape index (κ3) is 3.95. The Bertz CT molecular complexity index is 1430. The molecule has 0 saturated carbocycles. The SMILES string of the molecule is COCc1cc(=O)n2nc(N3CCc4ncc(-c5cnc(F)cc5C)cc4C3)c(C)cc2n1. The highest BCUT2D eigenvalue weighted by atomic mass is 19.1. The summed E-state index contributed by atoms with van der Waals surface area (Å²) < 4.78 is 19.9. The molecule has 0 bridgehead atoms. The van der Waals surface area contributed by atoms with E-state index in [-0.39, 0.29) is 12.2 Å². The number of fused-ring (bicyclic) bond motifs is 2. The molecule has 0 fully saturated rings. The standard InChI is InChI=1S/C24H23FN6O2/c1-14-6-21(25)27-11-19(14)16-8-17-12-30(5-4-20(17)26-10-16)24-15(2)7-22-28-18(13-33-3)9-23(32)31(22)29-24/h6-11H,4-5,12-13H2,1-3H3. The minimum Gasteiger partial charge on any atom is -0.378 e. The molecule has 5 heterocycles. The third-order valence-electron chi connectivity index (χ3n) is 5.89. The molecule has 0 radical (unpaired) electrons. The van der Waals surface area contributed by atoms with Gasteiger partial charge >= 0.3 is 0 Å². The second-order valence-electron chi connectivity index (χ2n) is 8.26. The molecule has 1 aliphatic heterocycles. The number of hydrogen-bond acceptors (Lipinski definition) is 7. The number of aromatic nitrogens is 5. The lowest BCUT2D eigenvalue weighted by molar-refractivity contribution is 0.181. The molecule has 9 heteroatoms. The fraction of sp³-hybridized carbons (Fsp3) is 0.292. The fourth-order valence-corrected chi connectivity index (χ4v) is 4.28. The highest BCUT2D eigenvalue weighted by Crippen LogP contribution is 2.29. The van der Waals surface area contributed by atoms with E-state index in [2.05, 4.69) is 31.0 Å². The van der Waals surface area contributed by atoms with Crippen LogP contribution >= 0.6 is 0 Å². The fourth-order valence-electron chi connectivity index (χ4n) is 4.28. The van der Waals surface area contributed by atoms with E-state index in [1.54, 1.807) is 13.3 Å². The number of hydrogen-bond donors (Lipinski definition) is 0. The first-order valence-electron chi connectivity index (χ1n) is 10.7. The van der Waals surface area contributed by atoms with Gasteiger partial charge in [0.2, 0.25) is 5.95 Å². The van der Waals surface area contributed by atoms with Gasteiger partial charge in [-0.1, -0.05) is 0 Å². The topological polar surface area (TPSA) is 85.5 Å². The average molecular weight is 446 g/mol. The van der Waals surface area contributed by atoms with Crippen molar-refractivity contribution in [3.05, 3.63) is 81.0 Å². The second-order valence-corrected chi connectivity index (χ2v) is 8.26. The predicted octanol–water partition coefficient (Wildman–Crippen LogP) is 3.01. The molecule has 4 aromatic heterocycles. The van der Waals surface area contributed by atoms with Gasteiger partial charge in [-0.2, -0.15) is 8.91 Å². The maximum Gasteiger partial charge on any atom is 0.274 e. The van der Waals surface area contributed by atoms with Gasteiger partial charge in [-0.15, -0.1) is 5.10 Å². The van der Waals surface area contributed by atoms with Crippen LogP contribution in [0.1, 0.15) is 28.1 Å². The average Bonchev–Trinajstić information content (AvgIpc) is 2.78. The normalized spacial score (nSPS) is 13.4. The lowest BCUT2D eigenvalue weighted by atomic mass is 9.99. The van der Waals surface area contributed by atoms with Crippen LogP contribution in [-0.2, 0) is 24.3 Å². The van der Waals surface area contributed by atoms with Crippen molar-refractivity contribution in [2.75, 3.05) is 18.6 Å². The number of ether oxygens (including phenoxy) is 1. The molecule has 8 nitrogen and oxygen atoms in total. The quantitative estimate of drug-likeness (QED) is 0.446. The van der Waals surface area contributed by atoms with E-state index < -0.39 is 5.95 Å². The Labute approximate surface area is 189 Å².